The number of hydrogen-bond donors (Lipinski definition) is 4. The number of amides is 3. The Bertz CT molecular complexity index is 1940. The summed E-state index contributed by atoms with van der Waals surface area (Å²) in [6.07, 6.45) is -0.0475. The Kier molecular flexibility index (Phi) is 11.3. The first-order valence-corrected chi connectivity index (χ1v) is 18.7. The summed E-state index contributed by atoms with van der Waals surface area (Å²) >= 11 is 6.35. The summed E-state index contributed by atoms with van der Waals surface area (Å²) in [5, 5.41) is 18.6. The van der Waals surface area contributed by atoms with Crippen LogP contribution in [0.4, 0.5) is 23.7 Å². The normalized spacial score (nSPS) is 23.4. The number of aliphatic hydroxyl groups is 1. The van der Waals surface area contributed by atoms with E-state index in [9.17, 15) is 41.1 Å². The summed E-state index contributed by atoms with van der Waals surface area (Å²) in [6, 6.07) is 12.8. The smallest absolute Gasteiger partial charge is 0.408 e. The van der Waals surface area contributed by atoms with Crippen LogP contribution in [-0.4, -0.2) is 60.5 Å². The number of ether oxygens (including phenoxy) is 1. The van der Waals surface area contributed by atoms with Gasteiger partial charge in [-0.2, -0.15) is 0 Å². The van der Waals surface area contributed by atoms with Crippen LogP contribution in [0.2, 0.25) is 5.02 Å². The van der Waals surface area contributed by atoms with E-state index in [1.165, 1.54) is 12.1 Å². The Morgan fingerprint density at radius 3 is 2.27 bits per heavy atom. The van der Waals surface area contributed by atoms with Gasteiger partial charge in [0.2, 0.25) is 5.91 Å². The van der Waals surface area contributed by atoms with Crippen molar-refractivity contribution in [2.75, 3.05) is 11.9 Å². The molecule has 4 N–H and O–H groups in total. The topological polar surface area (TPSA) is 151 Å². The second kappa shape index (κ2) is 15.1. The van der Waals surface area contributed by atoms with Gasteiger partial charge in [0, 0.05) is 36.3 Å². The number of halogens is 4. The summed E-state index contributed by atoms with van der Waals surface area (Å²) in [5.74, 6) is -7.35. The number of anilines is 1. The second-order valence-electron chi connectivity index (χ2n) is 14.6. The molecule has 3 aromatic carbocycles. The minimum Gasteiger partial charge on any atom is -0.444 e. The van der Waals surface area contributed by atoms with Crippen molar-refractivity contribution >= 4 is 45.0 Å². The van der Waals surface area contributed by atoms with Gasteiger partial charge in [0.05, 0.1) is 20.8 Å². The van der Waals surface area contributed by atoms with Gasteiger partial charge in [0.1, 0.15) is 11.6 Å². The maximum absolute atomic E-state index is 14.1. The fraction of sp³-hybridized carbons (Fsp3) is 0.432. The Balaban J connectivity index is 1.31. The van der Waals surface area contributed by atoms with Crippen LogP contribution in [0.5, 0.6) is 0 Å². The van der Waals surface area contributed by atoms with E-state index in [2.05, 4.69) is 16.0 Å². The lowest BCUT2D eigenvalue weighted by atomic mass is 9.73. The van der Waals surface area contributed by atoms with Crippen molar-refractivity contribution in [3.8, 4) is 0 Å². The zero-order valence-electron chi connectivity index (χ0n) is 29.0. The summed E-state index contributed by atoms with van der Waals surface area (Å²) < 4.78 is 74.3. The molecule has 0 spiro atoms. The van der Waals surface area contributed by atoms with E-state index in [0.29, 0.717) is 18.6 Å². The first kappa shape index (κ1) is 39.1. The minimum atomic E-state index is -4.19. The molecule has 15 heteroatoms. The molecule has 3 amide bonds. The predicted molar refractivity (Wildman–Crippen MR) is 188 cm³/mol. The first-order chi connectivity index (χ1) is 24.3. The van der Waals surface area contributed by atoms with E-state index in [0.717, 1.165) is 11.6 Å². The third-order valence-electron chi connectivity index (χ3n) is 9.77. The molecule has 0 radical (unpaired) electrons. The fourth-order valence-corrected chi connectivity index (χ4v) is 9.69. The average Bonchev–Trinajstić information content (AvgIpc) is 3.17. The molecule has 2 aliphatic rings. The molecule has 2 bridgehead atoms. The van der Waals surface area contributed by atoms with Crippen molar-refractivity contribution < 1.29 is 45.8 Å². The molecular formula is C37H41ClF3N3O7S. The van der Waals surface area contributed by atoms with Gasteiger partial charge in [0.15, 0.2) is 27.3 Å². The molecule has 0 heterocycles. The molecule has 0 aromatic heterocycles. The SMILES string of the molecule is C[C@H]1CC2C[C@@H](S(=O)(=O)c3cc(C(=O)Nc4cc(F)c(F)c(F)c4)ccc3Cl)CC1[C@@]2(O)CNC(=O)[C@H](Cc1ccccc1)NC(=O)OC(C)(C)C. The van der Waals surface area contributed by atoms with Gasteiger partial charge >= 0.3 is 6.09 Å². The van der Waals surface area contributed by atoms with Crippen LogP contribution in [0.3, 0.4) is 0 Å². The monoisotopic (exact) mass is 763 g/mol. The number of hydrogen-bond acceptors (Lipinski definition) is 7. The van der Waals surface area contributed by atoms with Gasteiger partial charge in [-0.05, 0) is 81.5 Å². The standard InChI is InChI=1S/C37H41ClF3N3O7S/c1-20-12-23-15-25(52(49,50)31-14-22(10-11-27(31)38)33(45)43-24-16-28(39)32(41)29(40)17-24)18-26(20)37(23,48)19-42-34(46)30(13-21-8-6-5-7-9-21)44-35(47)51-36(2,3)4/h5-11,14,16-17,20,23,25-26,30,48H,12-13,15,18-19H2,1-4H3,(H,42,46)(H,43,45)(H,44,47)/t20-,23?,25+,26?,30-,37+/m0/s1. The molecule has 3 aromatic rings. The summed E-state index contributed by atoms with van der Waals surface area (Å²) in [4.78, 5) is 38.8. The zero-order valence-corrected chi connectivity index (χ0v) is 30.6. The van der Waals surface area contributed by atoms with E-state index in [-0.39, 0.29) is 52.9 Å². The lowest BCUT2D eigenvalue weighted by molar-refractivity contribution is -0.126. The van der Waals surface area contributed by atoms with E-state index in [4.69, 9.17) is 16.3 Å². The molecule has 52 heavy (non-hydrogen) atoms. The number of fused-ring (bicyclic) bond motifs is 2. The molecule has 10 nitrogen and oxygen atoms in total. The van der Waals surface area contributed by atoms with E-state index >= 15 is 0 Å². The van der Waals surface area contributed by atoms with Crippen LogP contribution in [0.1, 0.15) is 62.9 Å². The van der Waals surface area contributed by atoms with E-state index in [1.807, 2.05) is 37.3 Å². The van der Waals surface area contributed by atoms with Gasteiger partial charge in [-0.25, -0.2) is 26.4 Å². The number of sulfone groups is 1. The number of carbonyl (C=O) groups excluding carboxylic acids is 3. The largest absolute Gasteiger partial charge is 0.444 e. The van der Waals surface area contributed by atoms with E-state index < -0.39 is 79.5 Å². The summed E-state index contributed by atoms with van der Waals surface area (Å²) in [6.45, 7) is 6.83. The molecule has 0 saturated heterocycles. The van der Waals surface area contributed by atoms with Crippen molar-refractivity contribution in [3.63, 3.8) is 0 Å². The highest BCUT2D eigenvalue weighted by atomic mass is 35.5. The third kappa shape index (κ3) is 8.56. The minimum absolute atomic E-state index is 0.0386. The van der Waals surface area contributed by atoms with Crippen molar-refractivity contribution in [1.29, 1.82) is 0 Å². The van der Waals surface area contributed by atoms with Crippen LogP contribution >= 0.6 is 11.6 Å². The third-order valence-corrected chi connectivity index (χ3v) is 12.4. The van der Waals surface area contributed by atoms with Crippen molar-refractivity contribution in [2.45, 2.75) is 80.8 Å². The summed E-state index contributed by atoms with van der Waals surface area (Å²) in [5.41, 5.74) is -2.02. The number of nitrogens with one attached hydrogen (secondary N) is 3. The molecule has 280 valence electrons. The highest BCUT2D eigenvalue weighted by molar-refractivity contribution is 7.92. The molecule has 2 aliphatic carbocycles. The lowest BCUT2D eigenvalue weighted by Gasteiger charge is -2.43. The molecule has 0 aliphatic heterocycles. The van der Waals surface area contributed by atoms with Crippen LogP contribution in [0, 0.1) is 35.2 Å². The molecule has 5 rings (SSSR count). The highest BCUT2D eigenvalue weighted by Gasteiger charge is 2.58. The lowest BCUT2D eigenvalue weighted by Crippen LogP contribution is -2.58. The Labute approximate surface area is 305 Å². The van der Waals surface area contributed by atoms with Crippen LogP contribution in [0.25, 0.3) is 0 Å². The summed E-state index contributed by atoms with van der Waals surface area (Å²) in [7, 11) is -4.19. The molecule has 6 atom stereocenters. The quantitative estimate of drug-likeness (QED) is 0.180. The maximum Gasteiger partial charge on any atom is 0.408 e. The van der Waals surface area contributed by atoms with Gasteiger partial charge in [0.25, 0.3) is 5.91 Å². The number of carbonyl (C=O) groups is 3. The fourth-order valence-electron chi connectivity index (χ4n) is 7.31. The average molecular weight is 764 g/mol. The van der Waals surface area contributed by atoms with Crippen molar-refractivity contribution in [3.05, 3.63) is 94.3 Å². The second-order valence-corrected chi connectivity index (χ2v) is 17.2. The van der Waals surface area contributed by atoms with Gasteiger partial charge in [-0.3, -0.25) is 9.59 Å². The Morgan fingerprint density at radius 1 is 1.00 bits per heavy atom. The number of alkyl carbamates (subject to hydrolysis) is 1. The zero-order chi connectivity index (χ0) is 38.2. The van der Waals surface area contributed by atoms with Gasteiger partial charge in [-0.15, -0.1) is 0 Å². The molecular weight excluding hydrogens is 723 g/mol. The van der Waals surface area contributed by atoms with Gasteiger partial charge < -0.3 is 25.8 Å². The first-order valence-electron chi connectivity index (χ1n) is 16.8. The molecule has 2 fully saturated rings. The van der Waals surface area contributed by atoms with Crippen LogP contribution in [-0.2, 0) is 25.8 Å². The van der Waals surface area contributed by atoms with E-state index in [1.54, 1.807) is 20.8 Å². The molecule has 2 unspecified atom stereocenters. The van der Waals surface area contributed by atoms with Crippen molar-refractivity contribution in [1.82, 2.24) is 10.6 Å². The molecule has 2 saturated carbocycles. The van der Waals surface area contributed by atoms with Crippen LogP contribution in [0.15, 0.2) is 65.6 Å². The van der Waals surface area contributed by atoms with Gasteiger partial charge in [-0.1, -0.05) is 48.9 Å². The van der Waals surface area contributed by atoms with Crippen LogP contribution < -0.4 is 16.0 Å². The predicted octanol–water partition coefficient (Wildman–Crippen LogP) is 6.20. The Morgan fingerprint density at radius 2 is 1.65 bits per heavy atom. The Hall–Kier alpha value is -4.14. The number of rotatable bonds is 10. The highest BCUT2D eigenvalue weighted by Crippen LogP contribution is 2.54. The number of benzene rings is 3. The maximum atomic E-state index is 14.1. The van der Waals surface area contributed by atoms with Crippen molar-refractivity contribution in [2.24, 2.45) is 17.8 Å².